The lowest BCUT2D eigenvalue weighted by atomic mass is 10.1. The van der Waals surface area contributed by atoms with Crippen LogP contribution >= 0.6 is 11.6 Å². The first-order chi connectivity index (χ1) is 4.70. The highest BCUT2D eigenvalue weighted by Gasteiger charge is 1.94. The van der Waals surface area contributed by atoms with Gasteiger partial charge in [-0.25, -0.2) is 0 Å². The van der Waals surface area contributed by atoms with Gasteiger partial charge in [0.2, 0.25) is 5.24 Å². The van der Waals surface area contributed by atoms with Crippen LogP contribution in [0.4, 0.5) is 0 Å². The van der Waals surface area contributed by atoms with E-state index in [1.165, 1.54) is 6.08 Å². The molecular formula is C8H13ClO. The van der Waals surface area contributed by atoms with Crippen LogP contribution in [0, 0.1) is 0 Å². The zero-order valence-electron chi connectivity index (χ0n) is 6.48. The molecule has 0 aromatic heterocycles. The summed E-state index contributed by atoms with van der Waals surface area (Å²) in [7, 11) is 0. The smallest absolute Gasteiger partial charge is 0.245 e. The minimum atomic E-state index is -0.356. The summed E-state index contributed by atoms with van der Waals surface area (Å²) in [5.41, 5.74) is 1.14. The molecule has 0 spiro atoms. The third-order valence-electron chi connectivity index (χ3n) is 1.34. The topological polar surface area (TPSA) is 17.1 Å². The number of halogens is 1. The first-order valence-electron chi connectivity index (χ1n) is 3.59. The molecule has 0 aromatic carbocycles. The van der Waals surface area contributed by atoms with Crippen molar-refractivity contribution in [3.8, 4) is 0 Å². The van der Waals surface area contributed by atoms with Crippen LogP contribution in [0.1, 0.15) is 33.1 Å². The molecule has 1 nitrogen and oxygen atoms in total. The van der Waals surface area contributed by atoms with Gasteiger partial charge in [-0.3, -0.25) is 4.79 Å². The molecule has 0 bridgehead atoms. The monoisotopic (exact) mass is 160 g/mol. The molecule has 0 N–H and O–H groups in total. The van der Waals surface area contributed by atoms with Gasteiger partial charge in [0.1, 0.15) is 0 Å². The van der Waals surface area contributed by atoms with E-state index in [-0.39, 0.29) is 5.24 Å². The van der Waals surface area contributed by atoms with Crippen molar-refractivity contribution < 1.29 is 4.79 Å². The van der Waals surface area contributed by atoms with Gasteiger partial charge in [-0.1, -0.05) is 25.8 Å². The molecule has 0 amide bonds. The molecule has 0 saturated carbocycles. The Morgan fingerprint density at radius 3 is 2.40 bits per heavy atom. The number of carbonyl (C=O) groups excluding carboxylic acids is 1. The van der Waals surface area contributed by atoms with Gasteiger partial charge in [0.05, 0.1) is 0 Å². The van der Waals surface area contributed by atoms with E-state index in [2.05, 4.69) is 6.92 Å². The highest BCUT2D eigenvalue weighted by atomic mass is 35.5. The number of carbonyl (C=O) groups is 1. The molecule has 2 heteroatoms. The van der Waals surface area contributed by atoms with Crippen molar-refractivity contribution in [2.45, 2.75) is 33.1 Å². The Morgan fingerprint density at radius 2 is 2.10 bits per heavy atom. The normalized spacial score (nSPS) is 11.7. The van der Waals surface area contributed by atoms with Crippen molar-refractivity contribution in [1.29, 1.82) is 0 Å². The molecule has 0 aliphatic heterocycles. The van der Waals surface area contributed by atoms with Crippen LogP contribution in [-0.4, -0.2) is 5.24 Å². The van der Waals surface area contributed by atoms with Gasteiger partial charge >= 0.3 is 0 Å². The van der Waals surface area contributed by atoms with Crippen molar-refractivity contribution in [3.05, 3.63) is 11.6 Å². The minimum Gasteiger partial charge on any atom is -0.276 e. The summed E-state index contributed by atoms with van der Waals surface area (Å²) in [6.07, 6.45) is 4.50. The SMILES string of the molecule is CCCC(=CC(=O)Cl)CC. The molecule has 0 aliphatic carbocycles. The Kier molecular flexibility index (Phi) is 5.32. The van der Waals surface area contributed by atoms with Crippen molar-refractivity contribution in [2.24, 2.45) is 0 Å². The fourth-order valence-electron chi connectivity index (χ4n) is 0.833. The van der Waals surface area contributed by atoms with Gasteiger partial charge in [-0.05, 0) is 30.5 Å². The van der Waals surface area contributed by atoms with Crippen molar-refractivity contribution in [2.75, 3.05) is 0 Å². The maximum absolute atomic E-state index is 10.4. The van der Waals surface area contributed by atoms with Gasteiger partial charge in [0, 0.05) is 0 Å². The lowest BCUT2D eigenvalue weighted by Gasteiger charge is -1.98. The van der Waals surface area contributed by atoms with Crippen LogP contribution in [0.3, 0.4) is 0 Å². The molecule has 0 saturated heterocycles. The second-order valence-corrected chi connectivity index (χ2v) is 2.58. The van der Waals surface area contributed by atoms with Crippen molar-refractivity contribution >= 4 is 16.8 Å². The zero-order valence-corrected chi connectivity index (χ0v) is 7.24. The summed E-state index contributed by atoms with van der Waals surface area (Å²) in [4.78, 5) is 10.4. The Bertz CT molecular complexity index is 138. The quantitative estimate of drug-likeness (QED) is 0.457. The maximum Gasteiger partial charge on any atom is 0.245 e. The van der Waals surface area contributed by atoms with E-state index >= 15 is 0 Å². The number of hydrogen-bond acceptors (Lipinski definition) is 1. The molecule has 58 valence electrons. The Labute approximate surface area is 67.1 Å². The number of rotatable bonds is 4. The Balaban J connectivity index is 3.91. The largest absolute Gasteiger partial charge is 0.276 e. The molecule has 0 unspecified atom stereocenters. The lowest BCUT2D eigenvalue weighted by Crippen LogP contribution is -1.85. The van der Waals surface area contributed by atoms with Gasteiger partial charge < -0.3 is 0 Å². The van der Waals surface area contributed by atoms with E-state index in [9.17, 15) is 4.79 Å². The van der Waals surface area contributed by atoms with Crippen molar-refractivity contribution in [3.63, 3.8) is 0 Å². The second kappa shape index (κ2) is 5.48. The van der Waals surface area contributed by atoms with Crippen LogP contribution in [0.5, 0.6) is 0 Å². The average molecular weight is 161 g/mol. The van der Waals surface area contributed by atoms with Crippen LogP contribution < -0.4 is 0 Å². The molecular weight excluding hydrogens is 148 g/mol. The molecule has 0 atom stereocenters. The summed E-state index contributed by atoms with van der Waals surface area (Å²) < 4.78 is 0. The van der Waals surface area contributed by atoms with Crippen LogP contribution in [0.15, 0.2) is 11.6 Å². The average Bonchev–Trinajstić information content (AvgIpc) is 1.86. The molecule has 0 fully saturated rings. The zero-order chi connectivity index (χ0) is 7.98. The van der Waals surface area contributed by atoms with Crippen LogP contribution in [0.2, 0.25) is 0 Å². The van der Waals surface area contributed by atoms with Gasteiger partial charge in [0.15, 0.2) is 0 Å². The highest BCUT2D eigenvalue weighted by Crippen LogP contribution is 2.09. The van der Waals surface area contributed by atoms with Crippen LogP contribution in [-0.2, 0) is 4.79 Å². The third-order valence-corrected chi connectivity index (χ3v) is 1.45. The standard InChI is InChI=1S/C8H13ClO/c1-3-5-7(4-2)6-8(9)10/h6H,3-5H2,1-2H3. The van der Waals surface area contributed by atoms with E-state index in [4.69, 9.17) is 11.6 Å². The van der Waals surface area contributed by atoms with E-state index in [1.807, 2.05) is 6.92 Å². The van der Waals surface area contributed by atoms with Crippen LogP contribution in [0.25, 0.3) is 0 Å². The fourth-order valence-corrected chi connectivity index (χ4v) is 0.987. The predicted octanol–water partition coefficient (Wildman–Crippen LogP) is 2.89. The Morgan fingerprint density at radius 1 is 1.50 bits per heavy atom. The van der Waals surface area contributed by atoms with E-state index in [1.54, 1.807) is 0 Å². The number of allylic oxidation sites excluding steroid dienone is 2. The maximum atomic E-state index is 10.4. The van der Waals surface area contributed by atoms with E-state index < -0.39 is 0 Å². The minimum absolute atomic E-state index is 0.356. The first-order valence-corrected chi connectivity index (χ1v) is 3.97. The predicted molar refractivity (Wildman–Crippen MR) is 44.1 cm³/mol. The van der Waals surface area contributed by atoms with Gasteiger partial charge in [0.25, 0.3) is 0 Å². The highest BCUT2D eigenvalue weighted by molar-refractivity contribution is 6.66. The summed E-state index contributed by atoms with van der Waals surface area (Å²) in [6.45, 7) is 4.11. The molecule has 10 heavy (non-hydrogen) atoms. The Hall–Kier alpha value is -0.300. The molecule has 0 aliphatic rings. The first kappa shape index (κ1) is 9.70. The number of hydrogen-bond donors (Lipinski definition) is 0. The molecule has 0 heterocycles. The second-order valence-electron chi connectivity index (χ2n) is 2.21. The van der Waals surface area contributed by atoms with Gasteiger partial charge in [-0.15, -0.1) is 0 Å². The van der Waals surface area contributed by atoms with Gasteiger partial charge in [-0.2, -0.15) is 0 Å². The summed E-state index contributed by atoms with van der Waals surface area (Å²) >= 11 is 5.17. The molecule has 0 aromatic rings. The third kappa shape index (κ3) is 4.57. The summed E-state index contributed by atoms with van der Waals surface area (Å²) in [5.74, 6) is 0. The lowest BCUT2D eigenvalue weighted by molar-refractivity contribution is -0.107. The summed E-state index contributed by atoms with van der Waals surface area (Å²) in [5, 5.41) is -0.356. The molecule has 0 rings (SSSR count). The van der Waals surface area contributed by atoms with E-state index in [0.717, 1.165) is 24.8 Å². The fraction of sp³-hybridized carbons (Fsp3) is 0.625. The molecule has 0 radical (unpaired) electrons. The summed E-state index contributed by atoms with van der Waals surface area (Å²) in [6, 6.07) is 0. The van der Waals surface area contributed by atoms with Crippen molar-refractivity contribution in [1.82, 2.24) is 0 Å². The van der Waals surface area contributed by atoms with E-state index in [0.29, 0.717) is 0 Å².